The number of aromatic nitrogens is 1. The lowest BCUT2D eigenvalue weighted by Crippen LogP contribution is -2.38. The summed E-state index contributed by atoms with van der Waals surface area (Å²) >= 11 is 0. The molecule has 1 unspecified atom stereocenters. The third-order valence-corrected chi connectivity index (χ3v) is 5.20. The minimum absolute atomic E-state index is 0.0486. The molecule has 0 saturated heterocycles. The van der Waals surface area contributed by atoms with Crippen LogP contribution in [0.1, 0.15) is 72.0 Å². The fraction of sp³-hybridized carbons (Fsp3) is 0.450. The molecular formula is C20H24N2O3. The number of carbonyl (C=O) groups excluding carboxylic acids is 2. The molecule has 1 aliphatic heterocycles. The van der Waals surface area contributed by atoms with Crippen molar-refractivity contribution < 1.29 is 9.59 Å². The number of carbonyl (C=O) groups is 2. The zero-order valence-corrected chi connectivity index (χ0v) is 15.2. The van der Waals surface area contributed by atoms with Gasteiger partial charge in [-0.3, -0.25) is 14.4 Å². The summed E-state index contributed by atoms with van der Waals surface area (Å²) in [4.78, 5) is 41.3. The van der Waals surface area contributed by atoms with E-state index < -0.39 is 0 Å². The lowest BCUT2D eigenvalue weighted by molar-refractivity contribution is 0.0955. The van der Waals surface area contributed by atoms with Crippen LogP contribution in [0.15, 0.2) is 27.8 Å². The molecule has 132 valence electrons. The van der Waals surface area contributed by atoms with Crippen molar-refractivity contribution in [2.45, 2.75) is 53.4 Å². The Balaban J connectivity index is 2.26. The Labute approximate surface area is 147 Å². The number of H-pyrrole nitrogens is 1. The third kappa shape index (κ3) is 2.58. The Morgan fingerprint density at radius 1 is 1.04 bits per heavy atom. The van der Waals surface area contributed by atoms with Crippen LogP contribution in [-0.2, 0) is 6.42 Å². The van der Waals surface area contributed by atoms with Crippen LogP contribution >= 0.6 is 0 Å². The predicted octanol–water partition coefficient (Wildman–Crippen LogP) is 3.19. The van der Waals surface area contributed by atoms with E-state index in [2.05, 4.69) is 17.2 Å². The zero-order valence-electron chi connectivity index (χ0n) is 15.2. The number of allylic oxidation sites excluding steroid dienone is 3. The van der Waals surface area contributed by atoms with Crippen molar-refractivity contribution in [1.29, 1.82) is 0 Å². The van der Waals surface area contributed by atoms with Gasteiger partial charge in [0.25, 0.3) is 5.56 Å². The van der Waals surface area contributed by atoms with E-state index in [0.29, 0.717) is 34.4 Å². The van der Waals surface area contributed by atoms with E-state index in [1.54, 1.807) is 13.1 Å². The highest BCUT2D eigenvalue weighted by atomic mass is 16.1. The second kappa shape index (κ2) is 6.47. The first-order valence-electron chi connectivity index (χ1n) is 8.94. The summed E-state index contributed by atoms with van der Waals surface area (Å²) in [5.41, 5.74) is 3.44. The van der Waals surface area contributed by atoms with Gasteiger partial charge in [-0.2, -0.15) is 0 Å². The van der Waals surface area contributed by atoms with Gasteiger partial charge in [0.2, 0.25) is 5.78 Å². The van der Waals surface area contributed by atoms with Crippen molar-refractivity contribution in [3.05, 3.63) is 55.8 Å². The van der Waals surface area contributed by atoms with Gasteiger partial charge in [-0.25, -0.2) is 0 Å². The first kappa shape index (κ1) is 17.4. The first-order chi connectivity index (χ1) is 11.9. The average molecular weight is 340 g/mol. The predicted molar refractivity (Wildman–Crippen MR) is 96.8 cm³/mol. The monoisotopic (exact) mass is 340 g/mol. The minimum atomic E-state index is -0.292. The molecule has 25 heavy (non-hydrogen) atoms. The number of rotatable bonds is 4. The van der Waals surface area contributed by atoms with E-state index in [1.807, 2.05) is 13.8 Å². The van der Waals surface area contributed by atoms with E-state index in [4.69, 9.17) is 0 Å². The van der Waals surface area contributed by atoms with Crippen molar-refractivity contribution in [2.75, 3.05) is 0 Å². The molecule has 1 aromatic rings. The van der Waals surface area contributed by atoms with Gasteiger partial charge in [0.05, 0.1) is 11.3 Å². The van der Waals surface area contributed by atoms with Crippen LogP contribution in [0.4, 0.5) is 0 Å². The highest BCUT2D eigenvalue weighted by Gasteiger charge is 2.40. The van der Waals surface area contributed by atoms with Crippen molar-refractivity contribution >= 4 is 11.6 Å². The van der Waals surface area contributed by atoms with Crippen LogP contribution in [0.2, 0.25) is 0 Å². The van der Waals surface area contributed by atoms with Crippen molar-refractivity contribution in [3.63, 3.8) is 0 Å². The summed E-state index contributed by atoms with van der Waals surface area (Å²) in [6.07, 6.45) is 4.96. The van der Waals surface area contributed by atoms with Gasteiger partial charge in [0.1, 0.15) is 5.69 Å². The molecule has 2 aliphatic rings. The number of dihydropyridines is 1. The van der Waals surface area contributed by atoms with E-state index in [9.17, 15) is 14.4 Å². The molecule has 0 fully saturated rings. The van der Waals surface area contributed by atoms with Gasteiger partial charge in [-0.15, -0.1) is 0 Å². The fourth-order valence-corrected chi connectivity index (χ4v) is 3.87. The van der Waals surface area contributed by atoms with Crippen LogP contribution in [0, 0.1) is 12.8 Å². The molecule has 3 rings (SSSR count). The maximum absolute atomic E-state index is 13.4. The molecule has 0 spiro atoms. The molecule has 1 atom stereocenters. The molecule has 1 aromatic heterocycles. The van der Waals surface area contributed by atoms with Crippen molar-refractivity contribution in [2.24, 2.45) is 5.92 Å². The van der Waals surface area contributed by atoms with E-state index >= 15 is 0 Å². The number of hydrogen-bond donors (Lipinski definition) is 2. The second-order valence-corrected chi connectivity index (χ2v) is 6.88. The summed E-state index contributed by atoms with van der Waals surface area (Å²) in [5.74, 6) is -0.456. The Morgan fingerprint density at radius 3 is 2.40 bits per heavy atom. The van der Waals surface area contributed by atoms with E-state index in [-0.39, 0.29) is 28.7 Å². The molecular weight excluding hydrogens is 316 g/mol. The summed E-state index contributed by atoms with van der Waals surface area (Å²) < 4.78 is 0. The first-order valence-corrected chi connectivity index (χ1v) is 8.94. The van der Waals surface area contributed by atoms with Crippen LogP contribution in [0.3, 0.4) is 0 Å². The van der Waals surface area contributed by atoms with Crippen LogP contribution in [-0.4, -0.2) is 16.6 Å². The van der Waals surface area contributed by atoms with Crippen molar-refractivity contribution in [3.8, 4) is 0 Å². The smallest absolute Gasteiger partial charge is 0.251 e. The normalized spacial score (nSPS) is 19.4. The van der Waals surface area contributed by atoms with Gasteiger partial charge in [-0.1, -0.05) is 26.7 Å². The maximum atomic E-state index is 13.4. The van der Waals surface area contributed by atoms with Gasteiger partial charge in [-0.05, 0) is 37.8 Å². The number of ketones is 2. The highest BCUT2D eigenvalue weighted by Crippen LogP contribution is 2.38. The number of nitrogens with one attached hydrogen (secondary N) is 2. The Morgan fingerprint density at radius 2 is 1.76 bits per heavy atom. The molecule has 0 bridgehead atoms. The lowest BCUT2D eigenvalue weighted by Gasteiger charge is -2.31. The number of hydrogen-bond acceptors (Lipinski definition) is 4. The SMILES string of the molecule is CCCc1c2c([nH]c(=O)c1C)C(=O)C1=C(C2=O)C(CCC)C(C)=CN1. The van der Waals surface area contributed by atoms with Gasteiger partial charge in [0, 0.05) is 23.3 Å². The quantitative estimate of drug-likeness (QED) is 0.882. The van der Waals surface area contributed by atoms with Crippen LogP contribution in [0.5, 0.6) is 0 Å². The molecule has 0 radical (unpaired) electrons. The Hall–Kier alpha value is -2.43. The van der Waals surface area contributed by atoms with Crippen LogP contribution < -0.4 is 10.9 Å². The summed E-state index contributed by atoms with van der Waals surface area (Å²) in [7, 11) is 0. The largest absolute Gasteiger partial charge is 0.358 e. The average Bonchev–Trinajstić information content (AvgIpc) is 2.58. The van der Waals surface area contributed by atoms with Crippen LogP contribution in [0.25, 0.3) is 0 Å². The number of aromatic amines is 1. The van der Waals surface area contributed by atoms with E-state index in [0.717, 1.165) is 24.8 Å². The highest BCUT2D eigenvalue weighted by molar-refractivity contribution is 6.27. The molecule has 0 amide bonds. The molecule has 2 heterocycles. The maximum Gasteiger partial charge on any atom is 0.251 e. The number of Topliss-reactive ketones (excluding diaryl/α,β-unsaturated/α-hetero) is 2. The summed E-state index contributed by atoms with van der Waals surface area (Å²) in [5, 5.41) is 2.99. The van der Waals surface area contributed by atoms with Crippen molar-refractivity contribution in [1.82, 2.24) is 10.3 Å². The Kier molecular flexibility index (Phi) is 4.50. The zero-order chi connectivity index (χ0) is 18.3. The molecule has 0 aromatic carbocycles. The Bertz CT molecular complexity index is 887. The number of fused-ring (bicyclic) bond motifs is 1. The standard InChI is InChI=1S/C20H24N2O3/c1-5-7-12-10(3)9-21-16-14(12)18(23)15-13(8-6-2)11(4)20(25)22-17(15)19(16)24/h9,12,21H,5-8H2,1-4H3,(H,22,25). The number of pyridine rings is 1. The molecule has 5 heteroatoms. The summed E-state index contributed by atoms with van der Waals surface area (Å²) in [6, 6.07) is 0. The topological polar surface area (TPSA) is 79.0 Å². The fourth-order valence-electron chi connectivity index (χ4n) is 3.87. The second-order valence-electron chi connectivity index (χ2n) is 6.88. The third-order valence-electron chi connectivity index (χ3n) is 5.20. The molecule has 2 N–H and O–H groups in total. The summed E-state index contributed by atoms with van der Waals surface area (Å²) in [6.45, 7) is 7.78. The minimum Gasteiger partial charge on any atom is -0.358 e. The van der Waals surface area contributed by atoms with E-state index in [1.165, 1.54) is 0 Å². The van der Waals surface area contributed by atoms with Gasteiger partial charge >= 0.3 is 0 Å². The van der Waals surface area contributed by atoms with Gasteiger partial charge in [0.15, 0.2) is 5.78 Å². The molecule has 5 nitrogen and oxygen atoms in total. The molecule has 0 saturated carbocycles. The molecule has 1 aliphatic carbocycles. The van der Waals surface area contributed by atoms with Gasteiger partial charge < -0.3 is 10.3 Å². The lowest BCUT2D eigenvalue weighted by atomic mass is 9.75.